The van der Waals surface area contributed by atoms with Crippen molar-refractivity contribution in [1.82, 2.24) is 14.7 Å². The molecule has 0 amide bonds. The van der Waals surface area contributed by atoms with Gasteiger partial charge in [0, 0.05) is 38.3 Å². The van der Waals surface area contributed by atoms with Crippen LogP contribution in [-0.2, 0) is 9.47 Å². The monoisotopic (exact) mass is 422 g/mol. The largest absolute Gasteiger partial charge is 0.375 e. The molecule has 2 saturated carbocycles. The van der Waals surface area contributed by atoms with Crippen LogP contribution in [-0.4, -0.2) is 105 Å². The number of nitrogens with two attached hydrogens (primary N) is 1. The van der Waals surface area contributed by atoms with Gasteiger partial charge in [-0.05, 0) is 91.4 Å². The first-order valence-electron chi connectivity index (χ1n) is 12.7. The van der Waals surface area contributed by atoms with Gasteiger partial charge in [-0.3, -0.25) is 0 Å². The lowest BCUT2D eigenvalue weighted by Crippen LogP contribution is -2.48. The summed E-state index contributed by atoms with van der Waals surface area (Å²) in [5.41, 5.74) is 5.87. The highest BCUT2D eigenvalue weighted by Gasteiger charge is 2.35. The first-order valence-corrected chi connectivity index (χ1v) is 12.7. The molecule has 0 aromatic heterocycles. The van der Waals surface area contributed by atoms with Crippen LogP contribution in [0, 0.1) is 0 Å². The van der Waals surface area contributed by atoms with E-state index in [4.69, 9.17) is 15.2 Å². The molecule has 4 fully saturated rings. The predicted octanol–water partition coefficient (Wildman–Crippen LogP) is 2.31. The first-order chi connectivity index (χ1) is 14.5. The van der Waals surface area contributed by atoms with Crippen molar-refractivity contribution in [3.63, 3.8) is 0 Å². The zero-order valence-corrected chi connectivity index (χ0v) is 19.5. The van der Waals surface area contributed by atoms with Crippen LogP contribution in [0.2, 0.25) is 0 Å². The summed E-state index contributed by atoms with van der Waals surface area (Å²) in [4.78, 5) is 7.64. The van der Waals surface area contributed by atoms with Crippen LogP contribution in [0.25, 0.3) is 0 Å². The lowest BCUT2D eigenvalue weighted by Gasteiger charge is -2.43. The summed E-state index contributed by atoms with van der Waals surface area (Å²) in [6.45, 7) is 7.28. The van der Waals surface area contributed by atoms with E-state index in [1.807, 2.05) is 0 Å². The Labute approximate surface area is 184 Å². The van der Waals surface area contributed by atoms with Gasteiger partial charge in [0.2, 0.25) is 0 Å². The molecule has 0 bridgehead atoms. The summed E-state index contributed by atoms with van der Waals surface area (Å²) in [5.74, 6) is 0. The molecule has 4 rings (SSSR count). The van der Waals surface area contributed by atoms with Crippen molar-refractivity contribution < 1.29 is 9.47 Å². The van der Waals surface area contributed by atoms with E-state index >= 15 is 0 Å². The van der Waals surface area contributed by atoms with Crippen LogP contribution < -0.4 is 5.73 Å². The third kappa shape index (κ3) is 6.63. The number of hydrogen-bond donors (Lipinski definition) is 1. The highest BCUT2D eigenvalue weighted by molar-refractivity contribution is 4.88. The molecule has 0 atom stereocenters. The highest BCUT2D eigenvalue weighted by Crippen LogP contribution is 2.30. The zero-order chi connectivity index (χ0) is 20.9. The number of ether oxygens (including phenoxy) is 2. The van der Waals surface area contributed by atoms with Gasteiger partial charge in [-0.25, -0.2) is 0 Å². The maximum absolute atomic E-state index is 6.33. The summed E-state index contributed by atoms with van der Waals surface area (Å²) >= 11 is 0. The van der Waals surface area contributed by atoms with Crippen molar-refractivity contribution >= 4 is 0 Å². The summed E-state index contributed by atoms with van der Waals surface area (Å²) in [6, 6.07) is 1.14. The van der Waals surface area contributed by atoms with Crippen molar-refractivity contribution in [2.75, 3.05) is 53.4 Å². The van der Waals surface area contributed by atoms with E-state index in [1.165, 1.54) is 90.6 Å². The Morgan fingerprint density at radius 2 is 1.37 bits per heavy atom. The fraction of sp³-hybridized carbons (Fsp3) is 1.00. The average Bonchev–Trinajstić information content (AvgIpc) is 2.69. The Morgan fingerprint density at radius 3 is 1.97 bits per heavy atom. The molecular formula is C24H46N4O2. The van der Waals surface area contributed by atoms with Crippen LogP contribution in [0.5, 0.6) is 0 Å². The van der Waals surface area contributed by atoms with Gasteiger partial charge in [-0.15, -0.1) is 0 Å². The van der Waals surface area contributed by atoms with Gasteiger partial charge in [0.1, 0.15) is 0 Å². The number of hydrogen-bond acceptors (Lipinski definition) is 6. The van der Waals surface area contributed by atoms with Crippen molar-refractivity contribution in [2.45, 2.75) is 101 Å². The zero-order valence-electron chi connectivity index (χ0n) is 19.5. The molecule has 2 N–H and O–H groups in total. The molecule has 0 radical (unpaired) electrons. The quantitative estimate of drug-likeness (QED) is 0.545. The van der Waals surface area contributed by atoms with Gasteiger partial charge in [0.15, 0.2) is 0 Å². The molecule has 6 heteroatoms. The Morgan fingerprint density at radius 1 is 0.800 bits per heavy atom. The molecule has 0 spiro atoms. The molecule has 6 nitrogen and oxygen atoms in total. The van der Waals surface area contributed by atoms with Crippen molar-refractivity contribution in [3.8, 4) is 0 Å². The smallest absolute Gasteiger partial charge is 0.0608 e. The summed E-state index contributed by atoms with van der Waals surface area (Å²) < 4.78 is 12.5. The Balaban J connectivity index is 0.992. The number of piperidine rings is 2. The average molecular weight is 423 g/mol. The second kappa shape index (κ2) is 11.1. The fourth-order valence-corrected chi connectivity index (χ4v) is 5.54. The van der Waals surface area contributed by atoms with Crippen molar-refractivity contribution in [3.05, 3.63) is 0 Å². The minimum atomic E-state index is 0.394. The summed E-state index contributed by atoms with van der Waals surface area (Å²) in [7, 11) is 4.53. The first kappa shape index (κ1) is 22.9. The fourth-order valence-electron chi connectivity index (χ4n) is 5.54. The van der Waals surface area contributed by atoms with E-state index in [1.54, 1.807) is 0 Å². The second-order valence-corrected chi connectivity index (χ2v) is 10.6. The molecular weight excluding hydrogens is 376 g/mol. The maximum Gasteiger partial charge on any atom is 0.0608 e. The number of nitrogens with zero attached hydrogens (tertiary/aromatic N) is 3. The predicted molar refractivity (Wildman–Crippen MR) is 122 cm³/mol. The molecule has 0 unspecified atom stereocenters. The standard InChI is InChI=1S/C24H46N4O2/c1-26-11-5-21(6-12-26)30-24-17-20(18-24)27(2)9-3-4-10-28-13-7-22(8-14-28)29-23-15-19(25)16-23/h19-24H,3-18,25H2,1-2H3. The van der Waals surface area contributed by atoms with Gasteiger partial charge < -0.3 is 29.9 Å². The summed E-state index contributed by atoms with van der Waals surface area (Å²) in [6.07, 6.45) is 14.0. The molecule has 4 aliphatic rings. The van der Waals surface area contributed by atoms with Gasteiger partial charge in [-0.1, -0.05) is 0 Å². The van der Waals surface area contributed by atoms with Crippen molar-refractivity contribution in [1.29, 1.82) is 0 Å². The summed E-state index contributed by atoms with van der Waals surface area (Å²) in [5, 5.41) is 0. The molecule has 2 heterocycles. The van der Waals surface area contributed by atoms with Crippen LogP contribution in [0.4, 0.5) is 0 Å². The van der Waals surface area contributed by atoms with Gasteiger partial charge in [0.05, 0.1) is 24.4 Å². The van der Waals surface area contributed by atoms with E-state index < -0.39 is 0 Å². The number of likely N-dealkylation sites (tertiary alicyclic amines) is 2. The third-order valence-electron chi connectivity index (χ3n) is 8.03. The van der Waals surface area contributed by atoms with E-state index in [0.717, 1.165) is 18.9 Å². The van der Waals surface area contributed by atoms with E-state index in [9.17, 15) is 0 Å². The molecule has 0 aromatic carbocycles. The lowest BCUT2D eigenvalue weighted by atomic mass is 9.87. The second-order valence-electron chi connectivity index (χ2n) is 10.6. The van der Waals surface area contributed by atoms with Gasteiger partial charge >= 0.3 is 0 Å². The number of unbranched alkanes of at least 4 members (excludes halogenated alkanes) is 1. The van der Waals surface area contributed by atoms with E-state index in [2.05, 4.69) is 28.8 Å². The topological polar surface area (TPSA) is 54.2 Å². The maximum atomic E-state index is 6.33. The molecule has 2 aliphatic carbocycles. The van der Waals surface area contributed by atoms with Gasteiger partial charge in [-0.2, -0.15) is 0 Å². The Hall–Kier alpha value is -0.240. The minimum absolute atomic E-state index is 0.394. The van der Waals surface area contributed by atoms with Crippen LogP contribution >= 0.6 is 0 Å². The van der Waals surface area contributed by atoms with Crippen LogP contribution in [0.1, 0.15) is 64.2 Å². The normalized spacial score (nSPS) is 34.8. The third-order valence-corrected chi connectivity index (χ3v) is 8.03. The lowest BCUT2D eigenvalue weighted by molar-refractivity contribution is -0.0989. The molecule has 174 valence electrons. The van der Waals surface area contributed by atoms with E-state index in [-0.39, 0.29) is 0 Å². The van der Waals surface area contributed by atoms with Crippen molar-refractivity contribution in [2.24, 2.45) is 5.73 Å². The van der Waals surface area contributed by atoms with E-state index in [0.29, 0.717) is 30.5 Å². The molecule has 30 heavy (non-hydrogen) atoms. The molecule has 2 aliphatic heterocycles. The molecule has 0 aromatic rings. The Kier molecular flexibility index (Phi) is 8.46. The minimum Gasteiger partial charge on any atom is -0.375 e. The Bertz CT molecular complexity index is 493. The SMILES string of the molecule is CN1CCC(OC2CC(N(C)CCCCN3CCC(OC4CC(N)C4)CC3)C2)CC1. The number of rotatable bonds is 10. The highest BCUT2D eigenvalue weighted by atomic mass is 16.5. The van der Waals surface area contributed by atoms with Crippen LogP contribution in [0.3, 0.4) is 0 Å². The molecule has 2 saturated heterocycles. The van der Waals surface area contributed by atoms with Crippen LogP contribution in [0.15, 0.2) is 0 Å². The van der Waals surface area contributed by atoms with Gasteiger partial charge in [0.25, 0.3) is 0 Å².